The molecule has 0 aliphatic rings. The molecule has 0 fully saturated rings. The average Bonchev–Trinajstić information content (AvgIpc) is 2.67. The molecule has 0 aromatic heterocycles. The van der Waals surface area contributed by atoms with Crippen molar-refractivity contribution in [3.8, 4) is 5.75 Å². The number of para-hydroxylation sites is 2. The molecule has 8 nitrogen and oxygen atoms in total. The molecular formula is C19H20BrN3O5. The molecule has 0 aliphatic carbocycles. The lowest BCUT2D eigenvalue weighted by atomic mass is 10.1. The Balaban J connectivity index is 2.18. The van der Waals surface area contributed by atoms with Gasteiger partial charge in [0.05, 0.1) is 22.2 Å². The van der Waals surface area contributed by atoms with Crippen LogP contribution in [0.3, 0.4) is 0 Å². The summed E-state index contributed by atoms with van der Waals surface area (Å²) in [5.41, 5.74) is 0.437. The summed E-state index contributed by atoms with van der Waals surface area (Å²) in [7, 11) is 1.50. The first-order valence-corrected chi connectivity index (χ1v) is 9.32. The van der Waals surface area contributed by atoms with Crippen LogP contribution in [0.15, 0.2) is 46.9 Å². The molecule has 28 heavy (non-hydrogen) atoms. The molecule has 0 aliphatic heterocycles. The van der Waals surface area contributed by atoms with Crippen LogP contribution in [0.4, 0.5) is 11.4 Å². The van der Waals surface area contributed by atoms with Gasteiger partial charge in [-0.25, -0.2) is 0 Å². The number of amides is 2. The molecule has 0 unspecified atom stereocenters. The predicted octanol–water partition coefficient (Wildman–Crippen LogP) is 3.86. The Morgan fingerprint density at radius 1 is 1.25 bits per heavy atom. The van der Waals surface area contributed by atoms with Crippen molar-refractivity contribution in [2.24, 2.45) is 0 Å². The number of nitrogens with one attached hydrogen (secondary N) is 1. The lowest BCUT2D eigenvalue weighted by Gasteiger charge is -2.22. The van der Waals surface area contributed by atoms with E-state index in [0.29, 0.717) is 24.4 Å². The fourth-order valence-corrected chi connectivity index (χ4v) is 2.99. The molecule has 0 heterocycles. The highest BCUT2D eigenvalue weighted by molar-refractivity contribution is 9.10. The van der Waals surface area contributed by atoms with Crippen LogP contribution in [0, 0.1) is 10.1 Å². The number of ether oxygens (including phenoxy) is 1. The molecule has 0 saturated carbocycles. The van der Waals surface area contributed by atoms with E-state index in [1.807, 2.05) is 6.92 Å². The molecule has 0 saturated heterocycles. The van der Waals surface area contributed by atoms with Gasteiger partial charge < -0.3 is 15.0 Å². The zero-order chi connectivity index (χ0) is 20.7. The number of nitro benzene ring substituents is 1. The molecule has 2 rings (SSSR count). The maximum Gasteiger partial charge on any atom is 0.284 e. The van der Waals surface area contributed by atoms with Gasteiger partial charge in [0.2, 0.25) is 5.91 Å². The number of nitro groups is 1. The first-order chi connectivity index (χ1) is 13.4. The fraction of sp³-hybridized carbons (Fsp3) is 0.263. The topological polar surface area (TPSA) is 102 Å². The van der Waals surface area contributed by atoms with Crippen LogP contribution in [0.25, 0.3) is 0 Å². The summed E-state index contributed by atoms with van der Waals surface area (Å²) in [6.45, 7) is 2.03. The van der Waals surface area contributed by atoms with E-state index in [-0.39, 0.29) is 22.3 Å². The Morgan fingerprint density at radius 3 is 2.61 bits per heavy atom. The quantitative estimate of drug-likeness (QED) is 0.486. The van der Waals surface area contributed by atoms with Crippen molar-refractivity contribution in [1.82, 2.24) is 4.90 Å². The molecule has 2 aromatic rings. The van der Waals surface area contributed by atoms with Crippen LogP contribution in [0.1, 0.15) is 23.7 Å². The maximum absolute atomic E-state index is 12.8. The minimum Gasteiger partial charge on any atom is -0.495 e. The number of anilines is 1. The van der Waals surface area contributed by atoms with Crippen molar-refractivity contribution >= 4 is 39.1 Å². The zero-order valence-electron chi connectivity index (χ0n) is 15.5. The van der Waals surface area contributed by atoms with E-state index < -0.39 is 16.7 Å². The molecule has 2 amide bonds. The number of methoxy groups -OCH3 is 1. The van der Waals surface area contributed by atoms with E-state index in [1.54, 1.807) is 24.3 Å². The third-order valence-corrected chi connectivity index (χ3v) is 4.56. The molecule has 0 bridgehead atoms. The zero-order valence-corrected chi connectivity index (χ0v) is 17.1. The Hall–Kier alpha value is -2.94. The van der Waals surface area contributed by atoms with Crippen molar-refractivity contribution < 1.29 is 19.2 Å². The van der Waals surface area contributed by atoms with Gasteiger partial charge in [0.25, 0.3) is 11.6 Å². The number of hydrogen-bond acceptors (Lipinski definition) is 5. The number of benzene rings is 2. The second kappa shape index (κ2) is 9.84. The van der Waals surface area contributed by atoms with Crippen molar-refractivity contribution in [2.45, 2.75) is 13.3 Å². The largest absolute Gasteiger partial charge is 0.495 e. The lowest BCUT2D eigenvalue weighted by Crippen LogP contribution is -2.38. The third-order valence-electron chi connectivity index (χ3n) is 3.89. The SMILES string of the molecule is CCCN(CC(=O)Nc1ccccc1OC)C(=O)c1ccc(Br)c([N+](=O)[O-])c1. The first kappa shape index (κ1) is 21.4. The molecule has 1 N–H and O–H groups in total. The molecule has 2 aromatic carbocycles. The van der Waals surface area contributed by atoms with Gasteiger partial charge >= 0.3 is 0 Å². The summed E-state index contributed by atoms with van der Waals surface area (Å²) in [6.07, 6.45) is 0.631. The molecule has 0 radical (unpaired) electrons. The van der Waals surface area contributed by atoms with Gasteiger partial charge in [-0.05, 0) is 46.6 Å². The smallest absolute Gasteiger partial charge is 0.284 e. The van der Waals surface area contributed by atoms with Crippen LogP contribution in [0.2, 0.25) is 0 Å². The highest BCUT2D eigenvalue weighted by atomic mass is 79.9. The van der Waals surface area contributed by atoms with Gasteiger partial charge in [0, 0.05) is 18.2 Å². The van der Waals surface area contributed by atoms with Gasteiger partial charge in [0.1, 0.15) is 12.3 Å². The van der Waals surface area contributed by atoms with Crippen molar-refractivity contribution in [3.05, 3.63) is 62.6 Å². The van der Waals surface area contributed by atoms with Gasteiger partial charge in [-0.15, -0.1) is 0 Å². The van der Waals surface area contributed by atoms with Crippen LogP contribution >= 0.6 is 15.9 Å². The van der Waals surface area contributed by atoms with Crippen molar-refractivity contribution in [2.75, 3.05) is 25.5 Å². The number of rotatable bonds is 8. The summed E-state index contributed by atoms with van der Waals surface area (Å²) in [5.74, 6) is -0.335. The van der Waals surface area contributed by atoms with Gasteiger partial charge in [-0.3, -0.25) is 19.7 Å². The monoisotopic (exact) mass is 449 g/mol. The van der Waals surface area contributed by atoms with Gasteiger partial charge in [0.15, 0.2) is 0 Å². The molecular weight excluding hydrogens is 430 g/mol. The maximum atomic E-state index is 12.8. The third kappa shape index (κ3) is 5.29. The number of nitrogens with zero attached hydrogens (tertiary/aromatic N) is 2. The molecule has 148 valence electrons. The summed E-state index contributed by atoms with van der Waals surface area (Å²) in [5, 5.41) is 13.8. The van der Waals surface area contributed by atoms with Crippen molar-refractivity contribution in [1.29, 1.82) is 0 Å². The van der Waals surface area contributed by atoms with E-state index >= 15 is 0 Å². The lowest BCUT2D eigenvalue weighted by molar-refractivity contribution is -0.385. The fourth-order valence-electron chi connectivity index (χ4n) is 2.60. The number of halogens is 1. The second-order valence-corrected chi connectivity index (χ2v) is 6.75. The molecule has 0 atom stereocenters. The predicted molar refractivity (Wildman–Crippen MR) is 109 cm³/mol. The molecule has 9 heteroatoms. The summed E-state index contributed by atoms with van der Waals surface area (Å²) < 4.78 is 5.48. The standard InChI is InChI=1S/C19H20BrN3O5/c1-3-10-22(12-18(24)21-15-6-4-5-7-17(15)28-2)19(25)13-8-9-14(20)16(11-13)23(26)27/h4-9,11H,3,10,12H2,1-2H3,(H,21,24). The normalized spacial score (nSPS) is 10.2. The number of carbonyl (C=O) groups is 2. The van der Waals surface area contributed by atoms with Crippen LogP contribution in [-0.2, 0) is 4.79 Å². The van der Waals surface area contributed by atoms with Crippen LogP contribution in [0.5, 0.6) is 5.75 Å². The Labute approximate surface area is 170 Å². The second-order valence-electron chi connectivity index (χ2n) is 5.90. The van der Waals surface area contributed by atoms with Crippen LogP contribution < -0.4 is 10.1 Å². The highest BCUT2D eigenvalue weighted by Gasteiger charge is 2.22. The summed E-state index contributed by atoms with van der Waals surface area (Å²) in [6, 6.07) is 11.1. The molecule has 0 spiro atoms. The highest BCUT2D eigenvalue weighted by Crippen LogP contribution is 2.26. The number of hydrogen-bond donors (Lipinski definition) is 1. The first-order valence-electron chi connectivity index (χ1n) is 8.53. The Morgan fingerprint density at radius 2 is 1.96 bits per heavy atom. The van der Waals surface area contributed by atoms with Gasteiger partial charge in [-0.2, -0.15) is 0 Å². The Bertz CT molecular complexity index is 888. The van der Waals surface area contributed by atoms with E-state index in [1.165, 1.54) is 30.2 Å². The summed E-state index contributed by atoms with van der Waals surface area (Å²) in [4.78, 5) is 37.2. The van der Waals surface area contributed by atoms with Crippen molar-refractivity contribution in [3.63, 3.8) is 0 Å². The van der Waals surface area contributed by atoms with E-state index in [2.05, 4.69) is 21.2 Å². The van der Waals surface area contributed by atoms with Gasteiger partial charge in [-0.1, -0.05) is 19.1 Å². The minimum absolute atomic E-state index is 0.147. The summed E-state index contributed by atoms with van der Waals surface area (Å²) >= 11 is 3.10. The number of carbonyl (C=O) groups excluding carboxylic acids is 2. The van der Waals surface area contributed by atoms with E-state index in [0.717, 1.165) is 0 Å². The van der Waals surface area contributed by atoms with Crippen LogP contribution in [-0.4, -0.2) is 41.8 Å². The Kier molecular flexibility index (Phi) is 7.51. The average molecular weight is 450 g/mol. The van der Waals surface area contributed by atoms with E-state index in [9.17, 15) is 19.7 Å². The van der Waals surface area contributed by atoms with E-state index in [4.69, 9.17) is 4.74 Å². The minimum atomic E-state index is -0.570.